The largest absolute Gasteiger partial charge is 0.284 e. The summed E-state index contributed by atoms with van der Waals surface area (Å²) in [5.74, 6) is 0.463. The smallest absolute Gasteiger partial charge is 0.243 e. The third kappa shape index (κ3) is 3.07. The second kappa shape index (κ2) is 5.18. The molecule has 2 rings (SSSR count). The fraction of sp³-hybridized carbons (Fsp3) is 0.727. The van der Waals surface area contributed by atoms with Crippen molar-refractivity contribution in [1.29, 1.82) is 0 Å². The molecule has 0 aromatic carbocycles. The van der Waals surface area contributed by atoms with E-state index in [1.807, 2.05) is 6.92 Å². The van der Waals surface area contributed by atoms with Crippen molar-refractivity contribution in [3.63, 3.8) is 0 Å². The summed E-state index contributed by atoms with van der Waals surface area (Å²) >= 11 is 0. The molecule has 0 amide bonds. The first-order valence-electron chi connectivity index (χ1n) is 6.11. The number of H-pyrrole nitrogens is 1. The molecule has 1 atom stereocenters. The van der Waals surface area contributed by atoms with Gasteiger partial charge in [0.25, 0.3) is 0 Å². The van der Waals surface area contributed by atoms with Crippen LogP contribution in [0.4, 0.5) is 0 Å². The molecule has 0 radical (unpaired) electrons. The number of hydrogen-bond donors (Lipinski definition) is 2. The van der Waals surface area contributed by atoms with Gasteiger partial charge in [0, 0.05) is 12.2 Å². The minimum atomic E-state index is -3.41. The third-order valence-electron chi connectivity index (χ3n) is 3.48. The summed E-state index contributed by atoms with van der Waals surface area (Å²) in [6, 6.07) is -0.00444. The number of sulfonamides is 1. The van der Waals surface area contributed by atoms with Crippen LogP contribution in [-0.4, -0.2) is 24.7 Å². The Balaban J connectivity index is 2.00. The monoisotopic (exact) mass is 257 g/mol. The molecule has 1 unspecified atom stereocenters. The van der Waals surface area contributed by atoms with Gasteiger partial charge in [0.15, 0.2) is 0 Å². The Morgan fingerprint density at radius 2 is 2.12 bits per heavy atom. The van der Waals surface area contributed by atoms with Crippen LogP contribution in [0.15, 0.2) is 17.3 Å². The van der Waals surface area contributed by atoms with E-state index in [4.69, 9.17) is 0 Å². The Labute approximate surface area is 102 Å². The quantitative estimate of drug-likeness (QED) is 0.861. The first-order valence-corrected chi connectivity index (χ1v) is 7.59. The van der Waals surface area contributed by atoms with E-state index in [0.29, 0.717) is 5.92 Å². The highest BCUT2D eigenvalue weighted by atomic mass is 32.2. The van der Waals surface area contributed by atoms with E-state index in [9.17, 15) is 8.42 Å². The van der Waals surface area contributed by atoms with E-state index in [-0.39, 0.29) is 10.9 Å². The van der Waals surface area contributed by atoms with E-state index >= 15 is 0 Å². The summed E-state index contributed by atoms with van der Waals surface area (Å²) in [6.45, 7) is 1.95. The van der Waals surface area contributed by atoms with Crippen LogP contribution in [0.1, 0.15) is 39.0 Å². The Bertz CT molecular complexity index is 435. The maximum atomic E-state index is 12.0. The molecule has 5 nitrogen and oxygen atoms in total. The molecule has 0 saturated heterocycles. The van der Waals surface area contributed by atoms with Crippen molar-refractivity contribution in [2.45, 2.75) is 50.0 Å². The van der Waals surface area contributed by atoms with Gasteiger partial charge in [-0.1, -0.05) is 19.3 Å². The van der Waals surface area contributed by atoms with Gasteiger partial charge in [0.2, 0.25) is 10.0 Å². The topological polar surface area (TPSA) is 74.8 Å². The summed E-state index contributed by atoms with van der Waals surface area (Å²) in [5, 5.41) is 6.18. The van der Waals surface area contributed by atoms with Crippen molar-refractivity contribution in [1.82, 2.24) is 14.9 Å². The molecule has 2 N–H and O–H groups in total. The van der Waals surface area contributed by atoms with Crippen LogP contribution in [0.3, 0.4) is 0 Å². The summed E-state index contributed by atoms with van der Waals surface area (Å²) in [5.41, 5.74) is 0. The maximum Gasteiger partial charge on any atom is 0.243 e. The average molecular weight is 257 g/mol. The molecule has 96 valence electrons. The minimum Gasteiger partial charge on any atom is -0.284 e. The van der Waals surface area contributed by atoms with Crippen molar-refractivity contribution in [3.8, 4) is 0 Å². The van der Waals surface area contributed by atoms with E-state index < -0.39 is 10.0 Å². The van der Waals surface area contributed by atoms with E-state index in [1.54, 1.807) is 0 Å². The lowest BCUT2D eigenvalue weighted by atomic mass is 9.85. The van der Waals surface area contributed by atoms with Crippen LogP contribution in [0.2, 0.25) is 0 Å². The van der Waals surface area contributed by atoms with Crippen molar-refractivity contribution in [2.24, 2.45) is 5.92 Å². The van der Waals surface area contributed by atoms with Crippen molar-refractivity contribution >= 4 is 10.0 Å². The van der Waals surface area contributed by atoms with Crippen LogP contribution in [0.25, 0.3) is 0 Å². The van der Waals surface area contributed by atoms with Gasteiger partial charge in [-0.2, -0.15) is 5.10 Å². The zero-order chi connectivity index (χ0) is 12.3. The molecule has 0 bridgehead atoms. The lowest BCUT2D eigenvalue weighted by Gasteiger charge is -2.27. The molecule has 0 aliphatic heterocycles. The summed E-state index contributed by atoms with van der Waals surface area (Å²) in [7, 11) is -3.41. The zero-order valence-corrected chi connectivity index (χ0v) is 10.8. The molecule has 1 aromatic heterocycles. The third-order valence-corrected chi connectivity index (χ3v) is 5.01. The number of rotatable bonds is 4. The molecule has 1 fully saturated rings. The van der Waals surface area contributed by atoms with Crippen molar-refractivity contribution in [2.75, 3.05) is 0 Å². The van der Waals surface area contributed by atoms with Crippen LogP contribution in [0.5, 0.6) is 0 Å². The van der Waals surface area contributed by atoms with Gasteiger partial charge in [-0.05, 0) is 25.7 Å². The van der Waals surface area contributed by atoms with Gasteiger partial charge in [-0.3, -0.25) is 5.10 Å². The maximum absolute atomic E-state index is 12.0. The second-order valence-electron chi connectivity index (χ2n) is 4.74. The number of nitrogens with zero attached hydrogens (tertiary/aromatic N) is 1. The molecule has 0 spiro atoms. The van der Waals surface area contributed by atoms with E-state index in [2.05, 4.69) is 14.9 Å². The fourth-order valence-corrected chi connectivity index (χ4v) is 3.65. The molecule has 1 heterocycles. The number of nitrogens with one attached hydrogen (secondary N) is 2. The van der Waals surface area contributed by atoms with Crippen LogP contribution >= 0.6 is 0 Å². The van der Waals surface area contributed by atoms with Gasteiger partial charge in [-0.25, -0.2) is 13.1 Å². The molecule has 6 heteroatoms. The molecule has 1 aromatic rings. The SMILES string of the molecule is CC(NS(=O)(=O)c1cn[nH]c1)C1CCCCC1. The minimum absolute atomic E-state index is 0.00444. The predicted octanol–water partition coefficient (Wildman–Crippen LogP) is 1.66. The summed E-state index contributed by atoms with van der Waals surface area (Å²) in [4.78, 5) is 0.208. The highest BCUT2D eigenvalue weighted by Gasteiger charge is 2.25. The molecule has 17 heavy (non-hydrogen) atoms. The lowest BCUT2D eigenvalue weighted by molar-refractivity contribution is 0.303. The first-order chi connectivity index (χ1) is 8.09. The number of hydrogen-bond acceptors (Lipinski definition) is 3. The average Bonchev–Trinajstić information content (AvgIpc) is 2.84. The van der Waals surface area contributed by atoms with Crippen LogP contribution < -0.4 is 4.72 Å². The summed E-state index contributed by atoms with van der Waals surface area (Å²) in [6.07, 6.45) is 8.67. The van der Waals surface area contributed by atoms with Crippen LogP contribution in [-0.2, 0) is 10.0 Å². The predicted molar refractivity (Wildman–Crippen MR) is 64.9 cm³/mol. The normalized spacial score (nSPS) is 20.3. The Hall–Kier alpha value is -0.880. The Kier molecular flexibility index (Phi) is 3.83. The second-order valence-corrected chi connectivity index (χ2v) is 6.46. The number of aromatic amines is 1. The Morgan fingerprint density at radius 3 is 2.71 bits per heavy atom. The van der Waals surface area contributed by atoms with Gasteiger partial charge in [0.05, 0.1) is 6.20 Å². The van der Waals surface area contributed by atoms with Gasteiger partial charge in [-0.15, -0.1) is 0 Å². The van der Waals surface area contributed by atoms with Gasteiger partial charge in [0.1, 0.15) is 4.90 Å². The molecular formula is C11H19N3O2S. The first kappa shape index (κ1) is 12.6. The van der Waals surface area contributed by atoms with E-state index in [0.717, 1.165) is 12.8 Å². The van der Waals surface area contributed by atoms with Gasteiger partial charge < -0.3 is 0 Å². The van der Waals surface area contributed by atoms with E-state index in [1.165, 1.54) is 31.7 Å². The molecule has 1 aliphatic rings. The Morgan fingerprint density at radius 1 is 1.41 bits per heavy atom. The number of aromatic nitrogens is 2. The highest BCUT2D eigenvalue weighted by molar-refractivity contribution is 7.89. The summed E-state index contributed by atoms with van der Waals surface area (Å²) < 4.78 is 26.7. The van der Waals surface area contributed by atoms with Crippen LogP contribution in [0, 0.1) is 5.92 Å². The van der Waals surface area contributed by atoms with Gasteiger partial charge >= 0.3 is 0 Å². The molecular weight excluding hydrogens is 238 g/mol. The standard InChI is InChI=1S/C11H19N3O2S/c1-9(10-5-3-2-4-6-10)14-17(15,16)11-7-12-13-8-11/h7-10,14H,2-6H2,1H3,(H,12,13). The fourth-order valence-electron chi connectivity index (χ4n) is 2.43. The zero-order valence-electron chi connectivity index (χ0n) is 10.0. The van der Waals surface area contributed by atoms with Crippen molar-refractivity contribution < 1.29 is 8.42 Å². The molecule has 1 saturated carbocycles. The molecule has 1 aliphatic carbocycles. The highest BCUT2D eigenvalue weighted by Crippen LogP contribution is 2.26. The van der Waals surface area contributed by atoms with Crippen molar-refractivity contribution in [3.05, 3.63) is 12.4 Å². The lowest BCUT2D eigenvalue weighted by Crippen LogP contribution is -2.38.